The molecule has 0 aliphatic heterocycles. The molecule has 116 valence electrons. The number of likely N-dealkylation sites (N-methyl/N-ethyl adjacent to an activating group) is 1. The average Bonchev–Trinajstić information content (AvgIpc) is 2.54. The van der Waals surface area contributed by atoms with Crippen LogP contribution in [-0.2, 0) is 11.4 Å². The normalized spacial score (nSPS) is 10.9. The Balaban J connectivity index is 1.94. The van der Waals surface area contributed by atoms with Crippen LogP contribution in [0.2, 0.25) is 0 Å². The molecule has 1 amide bonds. The topological polar surface area (TPSA) is 47.6 Å². The summed E-state index contributed by atoms with van der Waals surface area (Å²) in [4.78, 5) is 11.7. The lowest BCUT2D eigenvalue weighted by molar-refractivity contribution is -0.133. The van der Waals surface area contributed by atoms with Crippen LogP contribution in [-0.4, -0.2) is 18.6 Å². The van der Waals surface area contributed by atoms with Crippen LogP contribution in [0.1, 0.15) is 19.4 Å². The van der Waals surface area contributed by atoms with Gasteiger partial charge < -0.3 is 14.8 Å². The molecule has 0 saturated heterocycles. The highest BCUT2D eigenvalue weighted by Crippen LogP contribution is 2.22. The van der Waals surface area contributed by atoms with Crippen LogP contribution in [0.4, 0.5) is 0 Å². The molecule has 4 nitrogen and oxygen atoms in total. The van der Waals surface area contributed by atoms with Crippen molar-refractivity contribution < 1.29 is 14.3 Å². The van der Waals surface area contributed by atoms with Crippen molar-refractivity contribution in [1.82, 2.24) is 5.32 Å². The summed E-state index contributed by atoms with van der Waals surface area (Å²) in [6.45, 7) is 3.97. The van der Waals surface area contributed by atoms with Gasteiger partial charge in [-0.05, 0) is 43.7 Å². The van der Waals surface area contributed by atoms with E-state index >= 15 is 0 Å². The Labute approximate surface area is 131 Å². The molecule has 0 aliphatic rings. The first-order valence-corrected chi connectivity index (χ1v) is 7.19. The van der Waals surface area contributed by atoms with Crippen LogP contribution in [0.5, 0.6) is 11.5 Å². The molecule has 4 heteroatoms. The number of carbonyl (C=O) groups excluding carboxylic acids is 1. The second kappa shape index (κ2) is 6.98. The lowest BCUT2D eigenvalue weighted by Crippen LogP contribution is -2.45. The van der Waals surface area contributed by atoms with Crippen LogP contribution < -0.4 is 14.8 Å². The molecule has 0 radical (unpaired) electrons. The van der Waals surface area contributed by atoms with E-state index in [0.717, 1.165) is 11.3 Å². The van der Waals surface area contributed by atoms with Gasteiger partial charge in [0.25, 0.3) is 5.91 Å². The maximum Gasteiger partial charge on any atom is 0.263 e. The predicted molar refractivity (Wildman–Crippen MR) is 86.0 cm³/mol. The summed E-state index contributed by atoms with van der Waals surface area (Å²) in [6, 6.07) is 17.2. The summed E-state index contributed by atoms with van der Waals surface area (Å²) >= 11 is 0. The molecule has 1 N–H and O–H groups in total. The molecule has 0 atom stereocenters. The van der Waals surface area contributed by atoms with Gasteiger partial charge in [-0.25, -0.2) is 0 Å². The Hall–Kier alpha value is -2.49. The molecule has 0 saturated carbocycles. The largest absolute Gasteiger partial charge is 0.489 e. The minimum atomic E-state index is -0.916. The van der Waals surface area contributed by atoms with Crippen molar-refractivity contribution in [3.8, 4) is 11.5 Å². The molecular weight excluding hydrogens is 278 g/mol. The summed E-state index contributed by atoms with van der Waals surface area (Å²) in [6.07, 6.45) is 0. The number of benzene rings is 2. The Bertz CT molecular complexity index is 606. The molecule has 0 heterocycles. The van der Waals surface area contributed by atoms with Crippen molar-refractivity contribution in [2.75, 3.05) is 7.05 Å². The van der Waals surface area contributed by atoms with Crippen LogP contribution in [0.25, 0.3) is 0 Å². The molecule has 0 aromatic heterocycles. The van der Waals surface area contributed by atoms with Crippen LogP contribution in [0, 0.1) is 0 Å². The number of rotatable bonds is 6. The second-order valence-electron chi connectivity index (χ2n) is 5.44. The van der Waals surface area contributed by atoms with Crippen LogP contribution in [0.15, 0.2) is 54.6 Å². The van der Waals surface area contributed by atoms with Gasteiger partial charge in [0.05, 0.1) is 0 Å². The van der Waals surface area contributed by atoms with Gasteiger partial charge in [0.1, 0.15) is 18.1 Å². The minimum absolute atomic E-state index is 0.170. The Morgan fingerprint density at radius 3 is 2.18 bits per heavy atom. The molecule has 0 bridgehead atoms. The van der Waals surface area contributed by atoms with Gasteiger partial charge >= 0.3 is 0 Å². The fourth-order valence-electron chi connectivity index (χ4n) is 1.99. The summed E-state index contributed by atoms with van der Waals surface area (Å²) in [5.74, 6) is 1.21. The summed E-state index contributed by atoms with van der Waals surface area (Å²) in [5, 5.41) is 2.59. The van der Waals surface area contributed by atoms with Crippen LogP contribution >= 0.6 is 0 Å². The molecule has 0 aliphatic carbocycles. The maximum atomic E-state index is 11.7. The van der Waals surface area contributed by atoms with E-state index in [4.69, 9.17) is 9.47 Å². The third-order valence-electron chi connectivity index (χ3n) is 3.22. The Morgan fingerprint density at radius 2 is 1.59 bits per heavy atom. The standard InChI is InChI=1S/C18H21NO3/c1-18(2,17(20)19-3)22-16-11-9-15(10-12-16)21-13-14-7-5-4-6-8-14/h4-12H,13H2,1-3H3,(H,19,20). The number of hydrogen-bond donors (Lipinski definition) is 1. The monoisotopic (exact) mass is 299 g/mol. The highest BCUT2D eigenvalue weighted by molar-refractivity contribution is 5.84. The zero-order valence-corrected chi connectivity index (χ0v) is 13.1. The van der Waals surface area contributed by atoms with Gasteiger partial charge in [-0.1, -0.05) is 30.3 Å². The lowest BCUT2D eigenvalue weighted by atomic mass is 10.1. The molecule has 2 aromatic carbocycles. The van der Waals surface area contributed by atoms with Crippen molar-refractivity contribution in [2.45, 2.75) is 26.1 Å². The highest BCUT2D eigenvalue weighted by Gasteiger charge is 2.28. The van der Waals surface area contributed by atoms with E-state index in [9.17, 15) is 4.79 Å². The fourth-order valence-corrected chi connectivity index (χ4v) is 1.99. The number of nitrogens with one attached hydrogen (secondary N) is 1. The van der Waals surface area contributed by atoms with E-state index in [1.807, 2.05) is 42.5 Å². The number of ether oxygens (including phenoxy) is 2. The summed E-state index contributed by atoms with van der Waals surface area (Å²) < 4.78 is 11.4. The van der Waals surface area contributed by atoms with Crippen molar-refractivity contribution in [3.63, 3.8) is 0 Å². The number of hydrogen-bond acceptors (Lipinski definition) is 3. The first-order chi connectivity index (χ1) is 10.5. The number of amides is 1. The van der Waals surface area contributed by atoms with Crippen molar-refractivity contribution in [1.29, 1.82) is 0 Å². The molecule has 2 rings (SSSR count). The molecule has 0 spiro atoms. The van der Waals surface area contributed by atoms with Gasteiger partial charge in [0, 0.05) is 7.05 Å². The second-order valence-corrected chi connectivity index (χ2v) is 5.44. The third kappa shape index (κ3) is 4.25. The highest BCUT2D eigenvalue weighted by atomic mass is 16.5. The minimum Gasteiger partial charge on any atom is -0.489 e. The lowest BCUT2D eigenvalue weighted by Gasteiger charge is -2.24. The van der Waals surface area contributed by atoms with Crippen molar-refractivity contribution >= 4 is 5.91 Å². The van der Waals surface area contributed by atoms with E-state index in [-0.39, 0.29) is 5.91 Å². The van der Waals surface area contributed by atoms with E-state index in [1.165, 1.54) is 0 Å². The van der Waals surface area contributed by atoms with E-state index in [0.29, 0.717) is 12.4 Å². The van der Waals surface area contributed by atoms with E-state index < -0.39 is 5.60 Å². The van der Waals surface area contributed by atoms with Gasteiger partial charge in [0.15, 0.2) is 5.60 Å². The Morgan fingerprint density at radius 1 is 1.00 bits per heavy atom. The smallest absolute Gasteiger partial charge is 0.263 e. The zero-order valence-electron chi connectivity index (χ0n) is 13.1. The molecule has 0 unspecified atom stereocenters. The fraction of sp³-hybridized carbons (Fsp3) is 0.278. The van der Waals surface area contributed by atoms with Gasteiger partial charge in [0.2, 0.25) is 0 Å². The first-order valence-electron chi connectivity index (χ1n) is 7.19. The maximum absolute atomic E-state index is 11.7. The molecule has 22 heavy (non-hydrogen) atoms. The predicted octanol–water partition coefficient (Wildman–Crippen LogP) is 3.17. The quantitative estimate of drug-likeness (QED) is 0.891. The average molecular weight is 299 g/mol. The van der Waals surface area contributed by atoms with E-state index in [1.54, 1.807) is 33.0 Å². The summed E-state index contributed by atoms with van der Waals surface area (Å²) in [5.41, 5.74) is 0.199. The molecule has 0 fully saturated rings. The Kier molecular flexibility index (Phi) is 5.04. The van der Waals surface area contributed by atoms with Crippen molar-refractivity contribution in [3.05, 3.63) is 60.2 Å². The van der Waals surface area contributed by atoms with Gasteiger partial charge in [-0.2, -0.15) is 0 Å². The molecular formula is C18H21NO3. The SMILES string of the molecule is CNC(=O)C(C)(C)Oc1ccc(OCc2ccccc2)cc1. The van der Waals surface area contributed by atoms with E-state index in [2.05, 4.69) is 5.32 Å². The van der Waals surface area contributed by atoms with Crippen molar-refractivity contribution in [2.24, 2.45) is 0 Å². The zero-order chi connectivity index (χ0) is 16.0. The summed E-state index contributed by atoms with van der Waals surface area (Å²) in [7, 11) is 1.59. The first kappa shape index (κ1) is 15.9. The number of carbonyl (C=O) groups is 1. The van der Waals surface area contributed by atoms with Gasteiger partial charge in [-0.15, -0.1) is 0 Å². The van der Waals surface area contributed by atoms with Gasteiger partial charge in [-0.3, -0.25) is 4.79 Å². The third-order valence-corrected chi connectivity index (χ3v) is 3.22. The molecule has 2 aromatic rings. The van der Waals surface area contributed by atoms with Crippen LogP contribution in [0.3, 0.4) is 0 Å².